The van der Waals surface area contributed by atoms with Crippen LogP contribution in [0.1, 0.15) is 52.4 Å². The number of hydrogen-bond acceptors (Lipinski definition) is 2. The van der Waals surface area contributed by atoms with E-state index >= 15 is 0 Å². The summed E-state index contributed by atoms with van der Waals surface area (Å²) in [6, 6.07) is 0. The van der Waals surface area contributed by atoms with E-state index in [9.17, 15) is 0 Å². The molecule has 0 saturated heterocycles. The lowest BCUT2D eigenvalue weighted by Gasteiger charge is -2.35. The van der Waals surface area contributed by atoms with Crippen molar-refractivity contribution in [2.75, 3.05) is 27.4 Å². The summed E-state index contributed by atoms with van der Waals surface area (Å²) in [4.78, 5) is 0. The molecule has 2 nitrogen and oxygen atoms in total. The summed E-state index contributed by atoms with van der Waals surface area (Å²) in [7, 11) is 3.65. The molecule has 0 atom stereocenters. The quantitative estimate of drug-likeness (QED) is 0.578. The normalized spacial score (nSPS) is 16.8. The van der Waals surface area contributed by atoms with Gasteiger partial charge in [0.15, 0.2) is 0 Å². The predicted molar refractivity (Wildman–Crippen MR) is 72.2 cm³/mol. The molecular weight excluding hydrogens is 212 g/mol. The number of hydrogen-bond donors (Lipinski definition) is 0. The summed E-state index contributed by atoms with van der Waals surface area (Å²) in [6.45, 7) is 6.31. The Balaban J connectivity index is 2.63. The molecule has 0 bridgehead atoms. The van der Waals surface area contributed by atoms with Crippen LogP contribution in [-0.2, 0) is 9.47 Å². The molecule has 2 heteroatoms. The molecule has 102 valence electrons. The molecule has 0 N–H and O–H groups in total. The third-order valence-electron chi connectivity index (χ3n) is 4.20. The third kappa shape index (κ3) is 4.97. The average Bonchev–Trinajstić information content (AvgIpc) is 3.10. The second-order valence-electron chi connectivity index (χ2n) is 5.90. The van der Waals surface area contributed by atoms with Gasteiger partial charge in [0.25, 0.3) is 0 Å². The fourth-order valence-corrected chi connectivity index (χ4v) is 3.10. The topological polar surface area (TPSA) is 18.5 Å². The van der Waals surface area contributed by atoms with Crippen molar-refractivity contribution in [2.45, 2.75) is 52.4 Å². The molecule has 1 saturated carbocycles. The Labute approximate surface area is 107 Å². The molecule has 0 spiro atoms. The summed E-state index contributed by atoms with van der Waals surface area (Å²) >= 11 is 0. The Morgan fingerprint density at radius 1 is 1.06 bits per heavy atom. The second kappa shape index (κ2) is 7.38. The van der Waals surface area contributed by atoms with Crippen molar-refractivity contribution in [3.63, 3.8) is 0 Å². The third-order valence-corrected chi connectivity index (χ3v) is 4.20. The van der Waals surface area contributed by atoms with E-state index in [1.807, 2.05) is 14.2 Å². The van der Waals surface area contributed by atoms with Crippen LogP contribution in [0.25, 0.3) is 0 Å². The smallest absolute Gasteiger partial charge is 0.0540 e. The van der Waals surface area contributed by atoms with Gasteiger partial charge in [-0.15, -0.1) is 0 Å². The fraction of sp³-hybridized carbons (Fsp3) is 1.00. The van der Waals surface area contributed by atoms with Gasteiger partial charge in [0.2, 0.25) is 0 Å². The molecule has 1 rings (SSSR count). The molecule has 0 aromatic heterocycles. The van der Waals surface area contributed by atoms with Crippen LogP contribution in [-0.4, -0.2) is 27.4 Å². The van der Waals surface area contributed by atoms with Crippen LogP contribution in [0.15, 0.2) is 0 Å². The van der Waals surface area contributed by atoms with E-state index in [1.54, 1.807) is 0 Å². The number of rotatable bonds is 10. The molecule has 0 aromatic rings. The Morgan fingerprint density at radius 3 is 1.94 bits per heavy atom. The summed E-state index contributed by atoms with van der Waals surface area (Å²) in [5.41, 5.74) is 0.265. The van der Waals surface area contributed by atoms with Crippen molar-refractivity contribution in [1.82, 2.24) is 0 Å². The highest BCUT2D eigenvalue weighted by molar-refractivity contribution is 4.88. The fourth-order valence-electron chi connectivity index (χ4n) is 3.10. The van der Waals surface area contributed by atoms with Crippen LogP contribution < -0.4 is 0 Å². The monoisotopic (exact) mass is 242 g/mol. The van der Waals surface area contributed by atoms with Gasteiger partial charge < -0.3 is 9.47 Å². The molecule has 0 radical (unpaired) electrons. The van der Waals surface area contributed by atoms with E-state index in [1.165, 1.54) is 38.5 Å². The predicted octanol–water partition coefficient (Wildman–Crippen LogP) is 3.89. The second-order valence-corrected chi connectivity index (χ2v) is 5.90. The van der Waals surface area contributed by atoms with Gasteiger partial charge in [-0.25, -0.2) is 0 Å². The maximum atomic E-state index is 5.50. The van der Waals surface area contributed by atoms with E-state index in [4.69, 9.17) is 9.47 Å². The molecular formula is C15H30O2. The van der Waals surface area contributed by atoms with Crippen LogP contribution in [0, 0.1) is 17.3 Å². The first-order valence-electron chi connectivity index (χ1n) is 7.17. The van der Waals surface area contributed by atoms with Gasteiger partial charge in [0.1, 0.15) is 0 Å². The van der Waals surface area contributed by atoms with Gasteiger partial charge >= 0.3 is 0 Å². The first-order chi connectivity index (χ1) is 8.19. The van der Waals surface area contributed by atoms with Gasteiger partial charge in [0.05, 0.1) is 13.2 Å². The minimum absolute atomic E-state index is 0.265. The lowest BCUT2D eigenvalue weighted by molar-refractivity contribution is -0.0158. The van der Waals surface area contributed by atoms with E-state index < -0.39 is 0 Å². The first-order valence-corrected chi connectivity index (χ1v) is 7.17. The van der Waals surface area contributed by atoms with Crippen molar-refractivity contribution in [3.8, 4) is 0 Å². The van der Waals surface area contributed by atoms with Crippen LogP contribution in [0.5, 0.6) is 0 Å². The molecule has 0 amide bonds. The SMILES string of the molecule is CCC(CC)CC(COC)(COC)CC1CC1. The molecule has 0 unspecified atom stereocenters. The molecule has 1 aliphatic rings. The van der Waals surface area contributed by atoms with Gasteiger partial charge in [-0.2, -0.15) is 0 Å². The molecule has 0 aliphatic heterocycles. The molecule has 0 aromatic carbocycles. The number of ether oxygens (including phenoxy) is 2. The highest BCUT2D eigenvalue weighted by Gasteiger charge is 2.38. The summed E-state index contributed by atoms with van der Waals surface area (Å²) in [5.74, 6) is 1.76. The Kier molecular flexibility index (Phi) is 6.50. The van der Waals surface area contributed by atoms with E-state index in [-0.39, 0.29) is 5.41 Å². The van der Waals surface area contributed by atoms with Crippen molar-refractivity contribution in [3.05, 3.63) is 0 Å². The maximum absolute atomic E-state index is 5.50. The summed E-state index contributed by atoms with van der Waals surface area (Å²) in [6.07, 6.45) is 7.94. The average molecular weight is 242 g/mol. The Bertz CT molecular complexity index is 189. The standard InChI is InChI=1S/C15H30O2/c1-5-13(6-2)9-15(11-16-3,12-17-4)10-14-7-8-14/h13-14H,5-12H2,1-4H3. The minimum atomic E-state index is 0.265. The molecule has 17 heavy (non-hydrogen) atoms. The van der Waals surface area contributed by atoms with Gasteiger partial charge in [-0.1, -0.05) is 39.5 Å². The van der Waals surface area contributed by atoms with Gasteiger partial charge in [-0.3, -0.25) is 0 Å². The van der Waals surface area contributed by atoms with Crippen molar-refractivity contribution >= 4 is 0 Å². The zero-order valence-corrected chi connectivity index (χ0v) is 12.1. The van der Waals surface area contributed by atoms with Gasteiger partial charge in [0, 0.05) is 19.6 Å². The lowest BCUT2D eigenvalue weighted by atomic mass is 9.75. The Morgan fingerprint density at radius 2 is 1.59 bits per heavy atom. The highest BCUT2D eigenvalue weighted by atomic mass is 16.5. The zero-order chi connectivity index (χ0) is 12.7. The Hall–Kier alpha value is -0.0800. The summed E-state index contributed by atoms with van der Waals surface area (Å²) < 4.78 is 11.0. The minimum Gasteiger partial charge on any atom is -0.384 e. The van der Waals surface area contributed by atoms with Crippen LogP contribution in [0.2, 0.25) is 0 Å². The highest BCUT2D eigenvalue weighted by Crippen LogP contribution is 2.44. The molecule has 1 fully saturated rings. The molecule has 0 heterocycles. The number of methoxy groups -OCH3 is 2. The van der Waals surface area contributed by atoms with Gasteiger partial charge in [-0.05, 0) is 24.7 Å². The lowest BCUT2D eigenvalue weighted by Crippen LogP contribution is -2.34. The first kappa shape index (κ1) is 15.0. The van der Waals surface area contributed by atoms with Crippen LogP contribution >= 0.6 is 0 Å². The largest absolute Gasteiger partial charge is 0.384 e. The van der Waals surface area contributed by atoms with E-state index in [0.717, 1.165) is 25.0 Å². The summed E-state index contributed by atoms with van der Waals surface area (Å²) in [5, 5.41) is 0. The van der Waals surface area contributed by atoms with Crippen LogP contribution in [0.3, 0.4) is 0 Å². The van der Waals surface area contributed by atoms with Crippen molar-refractivity contribution in [2.24, 2.45) is 17.3 Å². The van der Waals surface area contributed by atoms with Crippen molar-refractivity contribution in [1.29, 1.82) is 0 Å². The van der Waals surface area contributed by atoms with E-state index in [2.05, 4.69) is 13.8 Å². The van der Waals surface area contributed by atoms with Crippen molar-refractivity contribution < 1.29 is 9.47 Å². The molecule has 1 aliphatic carbocycles. The van der Waals surface area contributed by atoms with Crippen LogP contribution in [0.4, 0.5) is 0 Å². The maximum Gasteiger partial charge on any atom is 0.0540 e. The van der Waals surface area contributed by atoms with E-state index in [0.29, 0.717) is 0 Å². The zero-order valence-electron chi connectivity index (χ0n) is 12.1.